The summed E-state index contributed by atoms with van der Waals surface area (Å²) in [6.45, 7) is 16.8. The summed E-state index contributed by atoms with van der Waals surface area (Å²) in [6, 6.07) is 1.63. The summed E-state index contributed by atoms with van der Waals surface area (Å²) in [6.07, 6.45) is -2.22. The van der Waals surface area contributed by atoms with E-state index in [1.54, 1.807) is 0 Å². The minimum absolute atomic E-state index is 0.0114. The summed E-state index contributed by atoms with van der Waals surface area (Å²) in [5, 5.41) is 49.7. The van der Waals surface area contributed by atoms with Crippen LogP contribution in [0.3, 0.4) is 0 Å². The number of carbonyl (C=O) groups excluding carboxylic acids is 7. The highest BCUT2D eigenvalue weighted by molar-refractivity contribution is 7.47. The normalized spacial score (nSPS) is 36.6. The molecule has 2 aromatic rings. The molecule has 17 atom stereocenters. The molecule has 0 saturated carbocycles. The van der Waals surface area contributed by atoms with Gasteiger partial charge >= 0.3 is 7.82 Å². The fourth-order valence-electron chi connectivity index (χ4n) is 16.2. The molecule has 1 aromatic carbocycles. The first-order chi connectivity index (χ1) is 41.4. The summed E-state index contributed by atoms with van der Waals surface area (Å²) in [5.74, 6) is -6.85. The minimum Gasteiger partial charge on any atom is -0.512 e. The van der Waals surface area contributed by atoms with E-state index < -0.39 is 149 Å². The number of phosphoric acid groups is 1. The number of aromatic hydroxyl groups is 1. The molecule has 6 aliphatic heterocycles. The lowest BCUT2D eigenvalue weighted by molar-refractivity contribution is -0.124. The van der Waals surface area contributed by atoms with Crippen molar-refractivity contribution in [1.29, 1.82) is 0 Å². The lowest BCUT2D eigenvalue weighted by Gasteiger charge is -2.49. The number of nitrogens with one attached hydrogen (secondary N) is 5. The quantitative estimate of drug-likeness (QED) is 0.0498. The molecule has 21 N–H and O–H groups in total. The van der Waals surface area contributed by atoms with Gasteiger partial charge in [-0.25, -0.2) is 9.55 Å². The smallest absolute Gasteiger partial charge is 0.473 e. The number of phenols is 1. The second kappa shape index (κ2) is 25.3. The number of phosphoric ester groups is 1. The number of carbonyl (C=O) groups is 7. The van der Waals surface area contributed by atoms with Gasteiger partial charge in [-0.05, 0) is 105 Å². The number of aliphatic hydroxyl groups is 2. The summed E-state index contributed by atoms with van der Waals surface area (Å²) in [4.78, 5) is 109. The van der Waals surface area contributed by atoms with Gasteiger partial charge in [-0.15, -0.1) is 0 Å². The van der Waals surface area contributed by atoms with Crippen molar-refractivity contribution in [2.75, 3.05) is 6.54 Å². The molecular formula is C60H90N13O15P. The topological polar surface area (TPSA) is 479 Å². The molecule has 5 fully saturated rings. The molecule has 7 amide bonds. The van der Waals surface area contributed by atoms with Crippen LogP contribution in [0.2, 0.25) is 0 Å². The Bertz CT molecular complexity index is 3350. The van der Waals surface area contributed by atoms with Crippen molar-refractivity contribution in [3.63, 3.8) is 0 Å². The zero-order valence-electron chi connectivity index (χ0n) is 52.0. The van der Waals surface area contributed by atoms with E-state index in [9.17, 15) is 58.3 Å². The van der Waals surface area contributed by atoms with Crippen LogP contribution in [0.5, 0.6) is 5.75 Å². The number of phenolic OH excluding ortho intramolecular Hbond substituents is 1. The molecule has 6 aliphatic rings. The molecule has 29 heteroatoms. The molecule has 4 unspecified atom stereocenters. The third-order valence-corrected chi connectivity index (χ3v) is 22.0. The number of nitrogens with two attached hydrogens (primary N) is 6. The fourth-order valence-corrected chi connectivity index (χ4v) is 17.3. The van der Waals surface area contributed by atoms with Crippen molar-refractivity contribution >= 4 is 60.2 Å². The second-order valence-corrected chi connectivity index (χ2v) is 28.3. The maximum absolute atomic E-state index is 14.4. The first-order valence-electron chi connectivity index (χ1n) is 30.1. The van der Waals surface area contributed by atoms with Crippen molar-refractivity contribution in [2.45, 2.75) is 187 Å². The molecule has 0 radical (unpaired) electrons. The lowest BCUT2D eigenvalue weighted by Crippen LogP contribution is -2.64. The molecule has 5 saturated heterocycles. The van der Waals surface area contributed by atoms with Gasteiger partial charge in [-0.3, -0.25) is 47.2 Å². The zero-order valence-corrected chi connectivity index (χ0v) is 52.9. The largest absolute Gasteiger partial charge is 0.512 e. The van der Waals surface area contributed by atoms with Crippen LogP contribution in [0.4, 0.5) is 0 Å². The van der Waals surface area contributed by atoms with Crippen LogP contribution in [0.15, 0.2) is 70.9 Å². The number of hydrogen-bond acceptors (Lipinski definition) is 19. The number of aromatic nitrogens is 2. The van der Waals surface area contributed by atoms with Crippen molar-refractivity contribution in [3.05, 3.63) is 70.9 Å². The second-order valence-electron chi connectivity index (χ2n) is 26.9. The van der Waals surface area contributed by atoms with Gasteiger partial charge in [0.1, 0.15) is 18.1 Å². The van der Waals surface area contributed by atoms with Gasteiger partial charge in [0.2, 0.25) is 47.6 Å². The number of benzene rings is 1. The average Bonchev–Trinajstić information content (AvgIpc) is 1.54. The van der Waals surface area contributed by atoms with E-state index in [1.165, 1.54) is 36.0 Å². The molecule has 8 rings (SSSR count). The number of hydrogen-bond donors (Lipinski definition) is 15. The van der Waals surface area contributed by atoms with Gasteiger partial charge in [-0.1, -0.05) is 34.6 Å². The highest BCUT2D eigenvalue weighted by atomic mass is 31.2. The Morgan fingerprint density at radius 2 is 1.48 bits per heavy atom. The van der Waals surface area contributed by atoms with Crippen LogP contribution in [-0.4, -0.2) is 126 Å². The number of rotatable bonds is 25. The third kappa shape index (κ3) is 13.0. The van der Waals surface area contributed by atoms with E-state index in [0.717, 1.165) is 11.3 Å². The van der Waals surface area contributed by atoms with Gasteiger partial charge in [0.15, 0.2) is 11.9 Å². The van der Waals surface area contributed by atoms with Crippen molar-refractivity contribution in [1.82, 2.24) is 36.1 Å². The van der Waals surface area contributed by atoms with Crippen LogP contribution in [0.1, 0.15) is 139 Å². The fraction of sp³-hybridized carbons (Fsp3) is 0.633. The first kappa shape index (κ1) is 67.9. The van der Waals surface area contributed by atoms with Crippen LogP contribution in [-0.2, 0) is 51.9 Å². The number of nitrogens with zero attached hydrogens (tertiary/aromatic N) is 2. The summed E-state index contributed by atoms with van der Waals surface area (Å²) < 4.78 is 31.6. The average molecular weight is 1260 g/mol. The lowest BCUT2D eigenvalue weighted by atomic mass is 9.56. The molecule has 0 spiro atoms. The molecule has 28 nitrogen and oxygen atoms in total. The zero-order chi connectivity index (χ0) is 65.8. The molecule has 89 heavy (non-hydrogen) atoms. The monoisotopic (exact) mass is 1260 g/mol. The Kier molecular flexibility index (Phi) is 19.3. The number of amides is 7. The minimum atomic E-state index is -5.12. The van der Waals surface area contributed by atoms with Gasteiger partial charge in [0.05, 0.1) is 29.5 Å². The number of ether oxygens (including phenoxy) is 1. The molecule has 1 aromatic heterocycles. The number of primary amides is 6. The van der Waals surface area contributed by atoms with Gasteiger partial charge in [0, 0.05) is 121 Å². The summed E-state index contributed by atoms with van der Waals surface area (Å²) in [5.41, 5.74) is 35.3. The molecular weight excluding hydrogens is 1170 g/mol. The van der Waals surface area contributed by atoms with Crippen LogP contribution < -0.4 is 61.0 Å². The molecule has 8 bridgehead atoms. The van der Waals surface area contributed by atoms with Gasteiger partial charge < -0.3 is 85.9 Å². The predicted octanol–water partition coefficient (Wildman–Crippen LogP) is 1.84. The Balaban J connectivity index is 1.18. The number of fused-ring (bicyclic) bond motifs is 10. The Hall–Kier alpha value is -7.07. The predicted molar refractivity (Wildman–Crippen MR) is 324 cm³/mol. The van der Waals surface area contributed by atoms with E-state index in [4.69, 9.17) is 48.2 Å². The number of imidazole rings is 1. The Morgan fingerprint density at radius 3 is 2.09 bits per heavy atom. The molecule has 0 aliphatic carbocycles. The van der Waals surface area contributed by atoms with E-state index in [1.807, 2.05) is 41.5 Å². The van der Waals surface area contributed by atoms with Gasteiger partial charge in [0.25, 0.3) is 0 Å². The molecule has 7 heterocycles. The van der Waals surface area contributed by atoms with Crippen molar-refractivity contribution in [2.24, 2.45) is 79.7 Å². The maximum Gasteiger partial charge on any atom is 0.473 e. The Morgan fingerprint density at radius 1 is 0.854 bits per heavy atom. The standard InChI is InChI=1S/C60H90N13O15P/c1-28(87-89(84,85)88-51-39(26-74)86-55(50(51)83)73-27-68-37-20-31(75)10-14-38(37)73)25-67-47(82)18-19-57(6)35(21-44(64)79)54-60(9)59(8,24-46(66)81)34(13-17-43(63)78)49(72-60)30(3)53-58(7,23-45(65)80)32(11-15-41(61)76)36(69-53)22-40-56(4,5)33(12-16-42(62)77)48(70-40)29(2)52(57)71-54/h10,14,20,22,26-28,32-35,40,49-52,54-55,69-72,74-75,83H,11-13,15-19,21,23-25H2,1-9H3,(H2,61,76)(H2,62,77)(H2,63,78)(H2,64,79)(H2,65,80)(H2,66,81)(H,67,82)(H,84,85)/b36-22-,39-26+,48-29-,53-30-/t28-,32-,33-,34-,35+,40?,49?,50-,51-,52?,54-,55+,57-,58+,59+,60+/m1/s1. The number of allylic oxidation sites excluding steroid dienone is 3. The third-order valence-electron chi connectivity index (χ3n) is 20.8. The van der Waals surface area contributed by atoms with Crippen LogP contribution >= 0.6 is 7.82 Å². The first-order valence-corrected chi connectivity index (χ1v) is 31.6. The van der Waals surface area contributed by atoms with E-state index >= 15 is 0 Å². The highest BCUT2D eigenvalue weighted by Crippen LogP contribution is 2.62. The Labute approximate surface area is 516 Å². The van der Waals surface area contributed by atoms with Crippen molar-refractivity contribution in [3.8, 4) is 5.75 Å². The van der Waals surface area contributed by atoms with E-state index in [-0.39, 0.29) is 82.4 Å². The van der Waals surface area contributed by atoms with E-state index in [2.05, 4.69) is 51.5 Å². The van der Waals surface area contributed by atoms with Gasteiger partial charge in [-0.2, -0.15) is 0 Å². The summed E-state index contributed by atoms with van der Waals surface area (Å²) in [7, 11) is -5.12. The summed E-state index contributed by atoms with van der Waals surface area (Å²) >= 11 is 0. The maximum atomic E-state index is 14.4. The number of aliphatic hydroxyl groups excluding tert-OH is 2. The van der Waals surface area contributed by atoms with Crippen LogP contribution in [0.25, 0.3) is 11.0 Å². The van der Waals surface area contributed by atoms with E-state index in [0.29, 0.717) is 40.7 Å². The van der Waals surface area contributed by atoms with Crippen LogP contribution in [0, 0.1) is 45.3 Å². The SMILES string of the molecule is C/C1=C2/N/C(=C\C3N/C(=C(/C)C4N[C@H]([C@H](CC(N)=O)[C@@]4(C)CCC(=O)NC[C@@H](C)OP(=O)(O)O[C@@H]4/C(=C\O)O[C@H](n5cnc6cc(O)ccc65)[C@@H]4O)[C@]4(C)NC1[C@@H](CCC(N)=O)[C@]4(C)CC(N)=O)[C@@H](CCC(N)=O)C3(C)C)[C@@H](CCC(N)=O)[C@]2(C)CC(N)=O. The van der Waals surface area contributed by atoms with Crippen molar-refractivity contribution < 1.29 is 72.1 Å². The molecule has 490 valence electrons. The highest BCUT2D eigenvalue weighted by Gasteiger charge is 2.68.